The van der Waals surface area contributed by atoms with Crippen LogP contribution in [0.2, 0.25) is 0 Å². The van der Waals surface area contributed by atoms with Gasteiger partial charge in [0, 0.05) is 58.7 Å². The van der Waals surface area contributed by atoms with Crippen molar-refractivity contribution in [1.29, 1.82) is 0 Å². The van der Waals surface area contributed by atoms with Gasteiger partial charge in [0.25, 0.3) is 0 Å². The Morgan fingerprint density at radius 2 is 1.90 bits per heavy atom. The molecule has 1 aromatic carbocycles. The topological polar surface area (TPSA) is 70.4 Å². The molecular weight excluding hydrogens is 374 g/mol. The average Bonchev–Trinajstić information content (AvgIpc) is 3.01. The van der Waals surface area contributed by atoms with E-state index in [2.05, 4.69) is 65.6 Å². The predicted octanol–water partition coefficient (Wildman–Crippen LogP) is 2.38. The van der Waals surface area contributed by atoms with Crippen molar-refractivity contribution in [2.24, 2.45) is 4.99 Å². The number of aliphatic imine (C=N–C) groups is 1. The molecule has 0 radical (unpaired) electrons. The minimum Gasteiger partial charge on any atom is -0.356 e. The van der Waals surface area contributed by atoms with Crippen LogP contribution >= 0.6 is 0 Å². The van der Waals surface area contributed by atoms with Crippen LogP contribution in [0.15, 0.2) is 35.3 Å². The lowest BCUT2D eigenvalue weighted by Gasteiger charge is -2.33. The van der Waals surface area contributed by atoms with Gasteiger partial charge < -0.3 is 15.2 Å². The van der Waals surface area contributed by atoms with Gasteiger partial charge in [-0.2, -0.15) is 0 Å². The summed E-state index contributed by atoms with van der Waals surface area (Å²) in [5.41, 5.74) is 1.40. The number of aryl methyl sites for hydroxylation is 1. The smallest absolute Gasteiger partial charge is 0.191 e. The van der Waals surface area contributed by atoms with E-state index in [-0.39, 0.29) is 0 Å². The number of aromatic nitrogens is 3. The van der Waals surface area contributed by atoms with Gasteiger partial charge >= 0.3 is 0 Å². The second-order valence-corrected chi connectivity index (χ2v) is 8.42. The van der Waals surface area contributed by atoms with Crippen molar-refractivity contribution >= 4 is 5.96 Å². The lowest BCUT2D eigenvalue weighted by atomic mass is 10.0. The molecule has 0 saturated carbocycles. The molecule has 0 atom stereocenters. The first-order valence-electron chi connectivity index (χ1n) is 11.5. The highest BCUT2D eigenvalue weighted by Crippen LogP contribution is 2.15. The number of hydrogen-bond acceptors (Lipinski definition) is 4. The van der Waals surface area contributed by atoms with Gasteiger partial charge in [-0.1, -0.05) is 36.8 Å². The lowest BCUT2D eigenvalue weighted by Crippen LogP contribution is -2.48. The van der Waals surface area contributed by atoms with Crippen LogP contribution in [0, 0.1) is 0 Å². The number of hydrogen-bond donors (Lipinski definition) is 2. The number of nitrogens with one attached hydrogen (secondary N) is 2. The van der Waals surface area contributed by atoms with E-state index in [1.54, 1.807) is 0 Å². The van der Waals surface area contributed by atoms with Crippen LogP contribution in [0.5, 0.6) is 0 Å². The van der Waals surface area contributed by atoms with Crippen LogP contribution < -0.4 is 10.6 Å². The lowest BCUT2D eigenvalue weighted by molar-refractivity contribution is 0.198. The summed E-state index contributed by atoms with van der Waals surface area (Å²) in [6.45, 7) is 5.17. The van der Waals surface area contributed by atoms with Gasteiger partial charge in [-0.3, -0.25) is 9.89 Å². The Morgan fingerprint density at radius 1 is 1.07 bits per heavy atom. The van der Waals surface area contributed by atoms with Crippen molar-refractivity contribution in [3.8, 4) is 0 Å². The Hall–Kier alpha value is -2.41. The van der Waals surface area contributed by atoms with Gasteiger partial charge in [0.2, 0.25) is 0 Å². The third kappa shape index (κ3) is 5.59. The first-order chi connectivity index (χ1) is 14.8. The van der Waals surface area contributed by atoms with Crippen LogP contribution in [0.25, 0.3) is 0 Å². The van der Waals surface area contributed by atoms with Crippen molar-refractivity contribution in [2.75, 3.05) is 26.7 Å². The zero-order valence-electron chi connectivity index (χ0n) is 18.2. The Morgan fingerprint density at radius 3 is 2.70 bits per heavy atom. The van der Waals surface area contributed by atoms with E-state index in [1.807, 2.05) is 7.05 Å². The molecule has 30 heavy (non-hydrogen) atoms. The first kappa shape index (κ1) is 20.8. The number of likely N-dealkylation sites (tertiary alicyclic amines) is 1. The van der Waals surface area contributed by atoms with Crippen molar-refractivity contribution in [3.05, 3.63) is 47.5 Å². The SMILES string of the molecule is CN=C(NCCc1nnc2n1CCCCC2)NC1CCN(Cc2ccccc2)CC1. The van der Waals surface area contributed by atoms with Gasteiger partial charge in [0.05, 0.1) is 0 Å². The van der Waals surface area contributed by atoms with E-state index in [0.29, 0.717) is 6.04 Å². The highest BCUT2D eigenvalue weighted by Gasteiger charge is 2.20. The fourth-order valence-electron chi connectivity index (χ4n) is 4.49. The molecule has 1 saturated heterocycles. The largest absolute Gasteiger partial charge is 0.356 e. The summed E-state index contributed by atoms with van der Waals surface area (Å²) < 4.78 is 2.33. The monoisotopic (exact) mass is 409 g/mol. The minimum absolute atomic E-state index is 0.479. The normalized spacial score (nSPS) is 18.6. The van der Waals surface area contributed by atoms with Gasteiger partial charge in [-0.25, -0.2) is 0 Å². The standard InChI is InChI=1S/C23H35N7/c1-24-23(25-14-11-22-28-27-21-10-6-3-7-15-30(21)22)26-20-12-16-29(17-13-20)18-19-8-4-2-5-9-19/h2,4-5,8-9,20H,3,6-7,10-18H2,1H3,(H2,24,25,26). The molecule has 2 N–H and O–H groups in total. The molecule has 0 amide bonds. The summed E-state index contributed by atoms with van der Waals surface area (Å²) in [5, 5.41) is 15.9. The zero-order valence-corrected chi connectivity index (χ0v) is 18.2. The maximum atomic E-state index is 4.43. The van der Waals surface area contributed by atoms with Crippen molar-refractivity contribution in [3.63, 3.8) is 0 Å². The van der Waals surface area contributed by atoms with Crippen molar-refractivity contribution < 1.29 is 0 Å². The van der Waals surface area contributed by atoms with Crippen molar-refractivity contribution in [2.45, 2.75) is 64.1 Å². The Labute approximate surface area is 180 Å². The fourth-order valence-corrected chi connectivity index (χ4v) is 4.49. The van der Waals surface area contributed by atoms with Gasteiger partial charge in [0.15, 0.2) is 5.96 Å². The van der Waals surface area contributed by atoms with Gasteiger partial charge in [-0.15, -0.1) is 10.2 Å². The van der Waals surface area contributed by atoms with E-state index < -0.39 is 0 Å². The second-order valence-electron chi connectivity index (χ2n) is 8.42. The molecule has 0 bridgehead atoms. The summed E-state index contributed by atoms with van der Waals surface area (Å²) >= 11 is 0. The zero-order chi connectivity index (χ0) is 20.6. The number of piperidine rings is 1. The molecule has 0 aliphatic carbocycles. The molecule has 2 aliphatic rings. The molecule has 4 rings (SSSR count). The number of benzene rings is 1. The number of guanidine groups is 1. The Balaban J connectivity index is 1.19. The van der Waals surface area contributed by atoms with E-state index in [9.17, 15) is 0 Å². The highest BCUT2D eigenvalue weighted by molar-refractivity contribution is 5.79. The quantitative estimate of drug-likeness (QED) is 0.566. The fraction of sp³-hybridized carbons (Fsp3) is 0.609. The van der Waals surface area contributed by atoms with Crippen LogP contribution in [0.1, 0.15) is 49.3 Å². The molecule has 1 fully saturated rings. The second kappa shape index (κ2) is 10.6. The molecule has 2 aliphatic heterocycles. The van der Waals surface area contributed by atoms with Gasteiger partial charge in [-0.05, 0) is 31.2 Å². The molecule has 7 nitrogen and oxygen atoms in total. The maximum Gasteiger partial charge on any atom is 0.191 e. The van der Waals surface area contributed by atoms with Crippen molar-refractivity contribution in [1.82, 2.24) is 30.3 Å². The molecular formula is C23H35N7. The van der Waals surface area contributed by atoms with E-state index in [1.165, 1.54) is 24.8 Å². The number of rotatable bonds is 6. The highest BCUT2D eigenvalue weighted by atomic mass is 15.3. The van der Waals surface area contributed by atoms with Crippen LogP contribution in [-0.4, -0.2) is 58.3 Å². The summed E-state index contributed by atoms with van der Waals surface area (Å²) in [7, 11) is 1.85. The summed E-state index contributed by atoms with van der Waals surface area (Å²) in [4.78, 5) is 6.97. The Bertz CT molecular complexity index is 806. The van der Waals surface area contributed by atoms with Crippen LogP contribution in [0.3, 0.4) is 0 Å². The number of fused-ring (bicyclic) bond motifs is 1. The maximum absolute atomic E-state index is 4.43. The molecule has 7 heteroatoms. The summed E-state index contributed by atoms with van der Waals surface area (Å²) in [5.74, 6) is 3.16. The first-order valence-corrected chi connectivity index (χ1v) is 11.5. The average molecular weight is 410 g/mol. The third-order valence-electron chi connectivity index (χ3n) is 6.23. The van der Waals surface area contributed by atoms with E-state index in [4.69, 9.17) is 0 Å². The molecule has 0 unspecified atom stereocenters. The third-order valence-corrected chi connectivity index (χ3v) is 6.23. The molecule has 2 aromatic rings. The van der Waals surface area contributed by atoms with Crippen LogP contribution in [-0.2, 0) is 25.9 Å². The van der Waals surface area contributed by atoms with E-state index in [0.717, 1.165) is 76.0 Å². The molecule has 1 aromatic heterocycles. The van der Waals surface area contributed by atoms with E-state index >= 15 is 0 Å². The predicted molar refractivity (Wildman–Crippen MR) is 121 cm³/mol. The summed E-state index contributed by atoms with van der Waals surface area (Å²) in [6.07, 6.45) is 7.99. The molecule has 3 heterocycles. The Kier molecular flexibility index (Phi) is 7.34. The molecule has 0 spiro atoms. The molecule has 162 valence electrons. The van der Waals surface area contributed by atoms with Crippen LogP contribution in [0.4, 0.5) is 0 Å². The summed E-state index contributed by atoms with van der Waals surface area (Å²) in [6, 6.07) is 11.2. The van der Waals surface area contributed by atoms with Gasteiger partial charge in [0.1, 0.15) is 11.6 Å². The minimum atomic E-state index is 0.479. The number of nitrogens with zero attached hydrogens (tertiary/aromatic N) is 5.